The Morgan fingerprint density at radius 3 is 2.18 bits per heavy atom. The minimum Gasteiger partial charge on any atom is -0.481 e. The molecule has 0 aromatic carbocycles. The minimum atomic E-state index is -0.791. The van der Waals surface area contributed by atoms with Gasteiger partial charge in [0.05, 0.1) is 6.54 Å². The smallest absolute Gasteiger partial charge is 0.303 e. The van der Waals surface area contributed by atoms with E-state index in [2.05, 4.69) is 9.97 Å². The van der Waals surface area contributed by atoms with E-state index < -0.39 is 5.97 Å². The zero-order valence-electron chi connectivity index (χ0n) is 10.8. The predicted molar refractivity (Wildman–Crippen MR) is 64.9 cm³/mol. The molecule has 0 fully saturated rings. The quantitative estimate of drug-likeness (QED) is 0.832. The summed E-state index contributed by atoms with van der Waals surface area (Å²) in [4.78, 5) is 21.4. The first-order valence-electron chi connectivity index (χ1n) is 5.59. The molecule has 0 spiro atoms. The van der Waals surface area contributed by atoms with Gasteiger partial charge >= 0.3 is 5.97 Å². The van der Waals surface area contributed by atoms with E-state index >= 15 is 0 Å². The largest absolute Gasteiger partial charge is 0.481 e. The summed E-state index contributed by atoms with van der Waals surface area (Å²) in [5, 5.41) is 8.68. The number of aryl methyl sites for hydroxylation is 2. The third kappa shape index (κ3) is 4.11. The van der Waals surface area contributed by atoms with Crippen molar-refractivity contribution in [2.75, 3.05) is 14.1 Å². The maximum atomic E-state index is 10.6. The average Bonchev–Trinajstić information content (AvgIpc) is 2.14. The van der Waals surface area contributed by atoms with Crippen LogP contribution in [0.2, 0.25) is 0 Å². The van der Waals surface area contributed by atoms with Gasteiger partial charge in [0.2, 0.25) is 0 Å². The van der Waals surface area contributed by atoms with Crippen LogP contribution in [0.5, 0.6) is 0 Å². The van der Waals surface area contributed by atoms with Gasteiger partial charge in [-0.2, -0.15) is 0 Å². The van der Waals surface area contributed by atoms with Gasteiger partial charge in [-0.05, 0) is 39.9 Å². The molecule has 0 saturated heterocycles. The first-order valence-corrected chi connectivity index (χ1v) is 5.59. The molecule has 0 aliphatic heterocycles. The van der Waals surface area contributed by atoms with Crippen LogP contribution >= 0.6 is 0 Å². The Balaban J connectivity index is 2.90. The van der Waals surface area contributed by atoms with Crippen LogP contribution in [0.15, 0.2) is 0 Å². The van der Waals surface area contributed by atoms with Gasteiger partial charge in [-0.15, -0.1) is 0 Å². The number of hydrogen-bond acceptors (Lipinski definition) is 4. The van der Waals surface area contributed by atoms with Crippen LogP contribution in [-0.2, 0) is 17.8 Å². The van der Waals surface area contributed by atoms with Crippen molar-refractivity contribution in [3.8, 4) is 0 Å². The van der Waals surface area contributed by atoms with Crippen LogP contribution < -0.4 is 0 Å². The highest BCUT2D eigenvalue weighted by Gasteiger charge is 2.10. The van der Waals surface area contributed by atoms with Gasteiger partial charge in [0.15, 0.2) is 0 Å². The summed E-state index contributed by atoms with van der Waals surface area (Å²) >= 11 is 0. The van der Waals surface area contributed by atoms with E-state index in [0.717, 1.165) is 22.8 Å². The average molecular weight is 237 g/mol. The standard InChI is InChI=1S/C12H19N3O2/c1-8-10(5-6-12(16)17)9(2)14-11(13-8)7-15(3)4/h5-7H2,1-4H3,(H,16,17). The van der Waals surface area contributed by atoms with Crippen LogP contribution in [0.25, 0.3) is 0 Å². The zero-order valence-corrected chi connectivity index (χ0v) is 10.8. The van der Waals surface area contributed by atoms with Crippen molar-refractivity contribution in [3.05, 3.63) is 22.8 Å². The van der Waals surface area contributed by atoms with Gasteiger partial charge in [-0.25, -0.2) is 9.97 Å². The molecule has 1 aromatic rings. The Morgan fingerprint density at radius 1 is 1.24 bits per heavy atom. The number of aliphatic carboxylic acids is 1. The highest BCUT2D eigenvalue weighted by Crippen LogP contribution is 2.13. The molecule has 17 heavy (non-hydrogen) atoms. The van der Waals surface area contributed by atoms with Crippen LogP contribution in [0.3, 0.4) is 0 Å². The van der Waals surface area contributed by atoms with E-state index in [1.165, 1.54) is 0 Å². The van der Waals surface area contributed by atoms with Gasteiger partial charge in [0.1, 0.15) is 5.82 Å². The third-order valence-electron chi connectivity index (χ3n) is 2.51. The molecule has 94 valence electrons. The predicted octanol–water partition coefficient (Wildman–Crippen LogP) is 1.17. The van der Waals surface area contributed by atoms with Crippen LogP contribution in [0, 0.1) is 13.8 Å². The SMILES string of the molecule is Cc1nc(CN(C)C)nc(C)c1CCC(=O)O. The summed E-state index contributed by atoms with van der Waals surface area (Å²) in [6.45, 7) is 4.51. The van der Waals surface area contributed by atoms with Crippen molar-refractivity contribution in [1.82, 2.24) is 14.9 Å². The zero-order chi connectivity index (χ0) is 13.0. The molecule has 5 nitrogen and oxygen atoms in total. The second-order valence-corrected chi connectivity index (χ2v) is 4.42. The molecule has 0 unspecified atom stereocenters. The Morgan fingerprint density at radius 2 is 1.76 bits per heavy atom. The van der Waals surface area contributed by atoms with Crippen molar-refractivity contribution in [3.63, 3.8) is 0 Å². The first-order chi connectivity index (χ1) is 7.90. The number of carboxylic acids is 1. The first kappa shape index (κ1) is 13.6. The fourth-order valence-electron chi connectivity index (χ4n) is 1.76. The molecule has 1 N–H and O–H groups in total. The van der Waals surface area contributed by atoms with Crippen LogP contribution in [0.4, 0.5) is 0 Å². The number of carboxylic acid groups (broad SMARTS) is 1. The lowest BCUT2D eigenvalue weighted by Crippen LogP contribution is -2.15. The summed E-state index contributed by atoms with van der Waals surface area (Å²) in [5.74, 6) is -0.00903. The Kier molecular flexibility index (Phi) is 4.57. The summed E-state index contributed by atoms with van der Waals surface area (Å²) in [7, 11) is 3.93. The molecule has 5 heteroatoms. The monoisotopic (exact) mass is 237 g/mol. The van der Waals surface area contributed by atoms with Crippen LogP contribution in [-0.4, -0.2) is 40.0 Å². The lowest BCUT2D eigenvalue weighted by Gasteiger charge is -2.12. The Bertz CT molecular complexity index is 393. The molecule has 0 radical (unpaired) electrons. The fourth-order valence-corrected chi connectivity index (χ4v) is 1.76. The van der Waals surface area contributed by atoms with Gasteiger partial charge in [0.25, 0.3) is 0 Å². The molecule has 0 amide bonds. The van der Waals surface area contributed by atoms with Crippen LogP contribution in [0.1, 0.15) is 29.2 Å². The third-order valence-corrected chi connectivity index (χ3v) is 2.51. The highest BCUT2D eigenvalue weighted by atomic mass is 16.4. The normalized spacial score (nSPS) is 10.9. The number of carbonyl (C=O) groups is 1. The van der Waals surface area contributed by atoms with E-state index in [1.807, 2.05) is 32.8 Å². The second-order valence-electron chi connectivity index (χ2n) is 4.42. The molecule has 1 rings (SSSR count). The van der Waals surface area contributed by atoms with E-state index in [1.54, 1.807) is 0 Å². The topological polar surface area (TPSA) is 66.3 Å². The van der Waals surface area contributed by atoms with E-state index in [4.69, 9.17) is 5.11 Å². The molecular weight excluding hydrogens is 218 g/mol. The summed E-state index contributed by atoms with van der Waals surface area (Å²) in [5.41, 5.74) is 2.72. The number of nitrogens with zero attached hydrogens (tertiary/aromatic N) is 3. The van der Waals surface area contributed by atoms with Gasteiger partial charge in [-0.1, -0.05) is 0 Å². The number of hydrogen-bond donors (Lipinski definition) is 1. The van der Waals surface area contributed by atoms with E-state index in [0.29, 0.717) is 13.0 Å². The van der Waals surface area contributed by atoms with E-state index in [-0.39, 0.29) is 6.42 Å². The summed E-state index contributed by atoms with van der Waals surface area (Å²) in [6, 6.07) is 0. The minimum absolute atomic E-state index is 0.123. The van der Waals surface area contributed by atoms with Gasteiger partial charge < -0.3 is 10.0 Å². The van der Waals surface area contributed by atoms with E-state index in [9.17, 15) is 4.79 Å². The molecule has 1 aromatic heterocycles. The van der Waals surface area contributed by atoms with Gasteiger partial charge in [-0.3, -0.25) is 4.79 Å². The molecule has 0 atom stereocenters. The van der Waals surface area contributed by atoms with Crippen molar-refractivity contribution in [2.45, 2.75) is 33.2 Å². The molecule has 0 saturated carbocycles. The Labute approximate surface area is 102 Å². The van der Waals surface area contributed by atoms with Crippen molar-refractivity contribution in [2.24, 2.45) is 0 Å². The number of rotatable bonds is 5. The molecule has 0 bridgehead atoms. The maximum Gasteiger partial charge on any atom is 0.303 e. The summed E-state index contributed by atoms with van der Waals surface area (Å²) in [6.07, 6.45) is 0.618. The Hall–Kier alpha value is -1.49. The van der Waals surface area contributed by atoms with Crippen molar-refractivity contribution in [1.29, 1.82) is 0 Å². The van der Waals surface area contributed by atoms with Crippen molar-refractivity contribution >= 4 is 5.97 Å². The van der Waals surface area contributed by atoms with Gasteiger partial charge in [0, 0.05) is 17.8 Å². The lowest BCUT2D eigenvalue weighted by molar-refractivity contribution is -0.136. The molecule has 1 heterocycles. The fraction of sp³-hybridized carbons (Fsp3) is 0.583. The highest BCUT2D eigenvalue weighted by molar-refractivity contribution is 5.67. The molecule has 0 aliphatic carbocycles. The molecular formula is C12H19N3O2. The second kappa shape index (κ2) is 5.72. The lowest BCUT2D eigenvalue weighted by atomic mass is 10.1. The molecule has 0 aliphatic rings. The van der Waals surface area contributed by atoms with Crippen molar-refractivity contribution < 1.29 is 9.90 Å². The summed E-state index contributed by atoms with van der Waals surface area (Å²) < 4.78 is 0. The maximum absolute atomic E-state index is 10.6. The number of aromatic nitrogens is 2.